The number of esters is 1. The lowest BCUT2D eigenvalue weighted by Gasteiger charge is -2.36. The Morgan fingerprint density at radius 3 is 2.68 bits per heavy atom. The van der Waals surface area contributed by atoms with Gasteiger partial charge in [-0.15, -0.1) is 0 Å². The fraction of sp³-hybridized carbons (Fsp3) is 0.462. The molecule has 3 aromatic heterocycles. The number of hydrogen-bond acceptors (Lipinski definition) is 8. The van der Waals surface area contributed by atoms with Crippen molar-refractivity contribution in [3.05, 3.63) is 47.4 Å². The van der Waals surface area contributed by atoms with E-state index in [1.165, 1.54) is 0 Å². The minimum Gasteiger partial charge on any atom is -0.474 e. The number of carbonyl (C=O) groups excluding carboxylic acids is 1. The maximum Gasteiger partial charge on any atom is 0.340 e. The molecule has 0 bridgehead atoms. The van der Waals surface area contributed by atoms with Gasteiger partial charge in [0, 0.05) is 23.4 Å². The third kappa shape index (κ3) is 3.86. The van der Waals surface area contributed by atoms with E-state index < -0.39 is 11.0 Å². The van der Waals surface area contributed by atoms with Crippen LogP contribution in [-0.2, 0) is 15.8 Å². The van der Waals surface area contributed by atoms with Crippen molar-refractivity contribution >= 4 is 28.4 Å². The fourth-order valence-corrected chi connectivity index (χ4v) is 4.12. The Balaban J connectivity index is 1.55. The summed E-state index contributed by atoms with van der Waals surface area (Å²) in [6.07, 6.45) is 5.91. The van der Waals surface area contributed by atoms with Crippen LogP contribution >= 0.6 is 0 Å². The molecule has 5 rings (SSSR count). The summed E-state index contributed by atoms with van der Waals surface area (Å²) in [7, 11) is 0. The van der Waals surface area contributed by atoms with Crippen LogP contribution in [0.5, 0.6) is 5.88 Å². The number of nitrogens with zero attached hydrogens (tertiary/aromatic N) is 3. The van der Waals surface area contributed by atoms with E-state index in [2.05, 4.69) is 15.3 Å². The number of carbonyl (C=O) groups is 1. The van der Waals surface area contributed by atoms with Crippen molar-refractivity contribution < 1.29 is 19.4 Å². The fourth-order valence-electron chi connectivity index (χ4n) is 4.12. The van der Waals surface area contributed by atoms with Crippen LogP contribution in [0, 0.1) is 0 Å². The first kappa shape index (κ1) is 22.5. The summed E-state index contributed by atoms with van der Waals surface area (Å²) in [5.41, 5.74) is 0.419. The number of aromatic nitrogens is 3. The van der Waals surface area contributed by atoms with Crippen LogP contribution in [0.4, 0.5) is 11.6 Å². The normalized spacial score (nSPS) is 20.9. The molecule has 3 aromatic rings. The lowest BCUT2D eigenvalue weighted by Crippen LogP contribution is -2.42. The Morgan fingerprint density at radius 1 is 1.21 bits per heavy atom. The van der Waals surface area contributed by atoms with E-state index in [0.29, 0.717) is 35.2 Å². The average molecular weight is 463 g/mol. The smallest absolute Gasteiger partial charge is 0.340 e. The highest BCUT2D eigenvalue weighted by atomic mass is 16.5. The second-order valence-electron chi connectivity index (χ2n) is 10.0. The van der Waals surface area contributed by atoms with Gasteiger partial charge in [-0.05, 0) is 56.7 Å². The highest BCUT2D eigenvalue weighted by Gasteiger charge is 2.41. The Bertz CT molecular complexity index is 1280. The molecule has 34 heavy (non-hydrogen) atoms. The van der Waals surface area contributed by atoms with Crippen molar-refractivity contribution in [2.24, 2.45) is 0 Å². The standard InChI is InChI=1S/C26H30N4O4/c1-6-26(5,32)19-13-28-23(34-15-7-8-15)18-12-27-21(11-17(18)19)29-20-10-9-16-22(30-20)25(3,4)14(2)33-24(16)31/h9-15,32H,6-8H2,1-5H3,(H,27,29,30)/t14-,26?/m1/s1. The summed E-state index contributed by atoms with van der Waals surface area (Å²) in [4.78, 5) is 26.2. The molecule has 1 unspecified atom stereocenters. The number of cyclic esters (lactones) is 1. The second-order valence-corrected chi connectivity index (χ2v) is 10.0. The first-order valence-corrected chi connectivity index (χ1v) is 11.8. The predicted molar refractivity (Wildman–Crippen MR) is 128 cm³/mol. The van der Waals surface area contributed by atoms with Crippen molar-refractivity contribution in [1.82, 2.24) is 15.0 Å². The van der Waals surface area contributed by atoms with Gasteiger partial charge < -0.3 is 19.9 Å². The van der Waals surface area contributed by atoms with E-state index in [1.807, 2.05) is 33.8 Å². The third-order valence-corrected chi connectivity index (χ3v) is 7.09. The molecule has 0 saturated heterocycles. The van der Waals surface area contributed by atoms with Gasteiger partial charge in [0.1, 0.15) is 23.8 Å². The molecule has 1 saturated carbocycles. The van der Waals surface area contributed by atoms with Gasteiger partial charge in [-0.1, -0.05) is 20.8 Å². The van der Waals surface area contributed by atoms with Crippen LogP contribution < -0.4 is 10.1 Å². The largest absolute Gasteiger partial charge is 0.474 e. The van der Waals surface area contributed by atoms with Gasteiger partial charge in [-0.25, -0.2) is 19.7 Å². The Labute approximate surface area is 198 Å². The lowest BCUT2D eigenvalue weighted by molar-refractivity contribution is 0.00863. The van der Waals surface area contributed by atoms with Crippen LogP contribution in [0.3, 0.4) is 0 Å². The molecule has 2 atom stereocenters. The zero-order valence-corrected chi connectivity index (χ0v) is 20.2. The quantitative estimate of drug-likeness (QED) is 0.505. The minimum absolute atomic E-state index is 0.197. The first-order valence-electron chi connectivity index (χ1n) is 11.8. The van der Waals surface area contributed by atoms with Crippen LogP contribution in [-0.4, -0.2) is 38.2 Å². The first-order chi connectivity index (χ1) is 16.1. The molecule has 1 fully saturated rings. The molecule has 1 aliphatic heterocycles. The maximum atomic E-state index is 12.3. The zero-order valence-electron chi connectivity index (χ0n) is 20.2. The van der Waals surface area contributed by atoms with Crippen LogP contribution in [0.1, 0.15) is 75.5 Å². The number of nitrogens with one attached hydrogen (secondary N) is 1. The third-order valence-electron chi connectivity index (χ3n) is 7.09. The van der Waals surface area contributed by atoms with Crippen LogP contribution in [0.25, 0.3) is 10.8 Å². The van der Waals surface area contributed by atoms with Crippen molar-refractivity contribution in [1.29, 1.82) is 0 Å². The lowest BCUT2D eigenvalue weighted by atomic mass is 9.79. The van der Waals surface area contributed by atoms with Gasteiger partial charge in [0.25, 0.3) is 0 Å². The monoisotopic (exact) mass is 462 g/mol. The molecule has 0 spiro atoms. The molecule has 8 nitrogen and oxygen atoms in total. The molecule has 178 valence electrons. The predicted octanol–water partition coefficient (Wildman–Crippen LogP) is 4.76. The molecular weight excluding hydrogens is 432 g/mol. The summed E-state index contributed by atoms with van der Waals surface area (Å²) in [5, 5.41) is 15.9. The van der Waals surface area contributed by atoms with Crippen LogP contribution in [0.15, 0.2) is 30.6 Å². The van der Waals surface area contributed by atoms with E-state index in [0.717, 1.165) is 29.2 Å². The van der Waals surface area contributed by atoms with Gasteiger partial charge in [0.05, 0.1) is 22.2 Å². The molecule has 0 aromatic carbocycles. The van der Waals surface area contributed by atoms with Gasteiger partial charge >= 0.3 is 5.97 Å². The number of anilines is 2. The van der Waals surface area contributed by atoms with Gasteiger partial charge in [-0.3, -0.25) is 0 Å². The minimum atomic E-state index is -1.05. The Hall–Kier alpha value is -3.26. The molecule has 0 amide bonds. The summed E-state index contributed by atoms with van der Waals surface area (Å²) in [5.74, 6) is 1.33. The SMILES string of the molecule is CCC(C)(O)c1cnc(OC2CC2)c2cnc(Nc3ccc4c(n3)C(C)(C)[C@@H](C)OC4=O)cc12. The number of rotatable bonds is 6. The summed E-state index contributed by atoms with van der Waals surface area (Å²) < 4.78 is 11.5. The Morgan fingerprint density at radius 2 is 1.97 bits per heavy atom. The summed E-state index contributed by atoms with van der Waals surface area (Å²) >= 11 is 0. The number of hydrogen-bond donors (Lipinski definition) is 2. The van der Waals surface area contributed by atoms with Gasteiger partial charge in [0.15, 0.2) is 0 Å². The Kier molecular flexibility index (Phi) is 5.24. The summed E-state index contributed by atoms with van der Waals surface area (Å²) in [6, 6.07) is 5.37. The highest BCUT2D eigenvalue weighted by Crippen LogP contribution is 2.38. The molecule has 2 N–H and O–H groups in total. The van der Waals surface area contributed by atoms with Crippen molar-refractivity contribution in [3.63, 3.8) is 0 Å². The van der Waals surface area contributed by atoms with Crippen molar-refractivity contribution in [2.45, 2.75) is 77.1 Å². The van der Waals surface area contributed by atoms with Crippen LogP contribution in [0.2, 0.25) is 0 Å². The number of fused-ring (bicyclic) bond motifs is 2. The average Bonchev–Trinajstić information content (AvgIpc) is 3.62. The summed E-state index contributed by atoms with van der Waals surface area (Å²) in [6.45, 7) is 9.63. The van der Waals surface area contributed by atoms with Gasteiger partial charge in [0.2, 0.25) is 5.88 Å². The van der Waals surface area contributed by atoms with E-state index in [9.17, 15) is 9.90 Å². The maximum absolute atomic E-state index is 12.3. The molecule has 1 aliphatic carbocycles. The second kappa shape index (κ2) is 7.91. The number of pyridine rings is 3. The van der Waals surface area contributed by atoms with E-state index in [4.69, 9.17) is 14.5 Å². The van der Waals surface area contributed by atoms with Gasteiger partial charge in [-0.2, -0.15) is 0 Å². The molecule has 4 heterocycles. The van der Waals surface area contributed by atoms with Crippen molar-refractivity contribution in [3.8, 4) is 5.88 Å². The van der Waals surface area contributed by atoms with Crippen molar-refractivity contribution in [2.75, 3.05) is 5.32 Å². The van der Waals surface area contributed by atoms with E-state index >= 15 is 0 Å². The van der Waals surface area contributed by atoms with E-state index in [-0.39, 0.29) is 18.2 Å². The zero-order chi connectivity index (χ0) is 24.3. The highest BCUT2D eigenvalue weighted by molar-refractivity contribution is 5.93. The van der Waals surface area contributed by atoms with E-state index in [1.54, 1.807) is 31.5 Å². The molecule has 8 heteroatoms. The number of aliphatic hydroxyl groups is 1. The molecular formula is C26H30N4O4. The number of ether oxygens (including phenoxy) is 2. The topological polar surface area (TPSA) is 106 Å². The molecule has 0 radical (unpaired) electrons. The molecule has 2 aliphatic rings.